The molecular formula is C13H10BrClN4O4S. The minimum absolute atomic E-state index is 0.157. The Labute approximate surface area is 150 Å². The van der Waals surface area contributed by atoms with Crippen LogP contribution in [0.15, 0.2) is 40.1 Å². The Bertz CT molecular complexity index is 920. The maximum Gasteiger partial charge on any atom is 0.290 e. The molecule has 2 amide bonds. The number of nitrogens with zero attached hydrogens (tertiary/aromatic N) is 2. The van der Waals surface area contributed by atoms with E-state index in [0.29, 0.717) is 10.0 Å². The average molecular weight is 434 g/mol. The monoisotopic (exact) mass is 432 g/mol. The molecule has 1 aromatic carbocycles. The first-order chi connectivity index (χ1) is 11.2. The largest absolute Gasteiger partial charge is 0.290 e. The van der Waals surface area contributed by atoms with Crippen LogP contribution in [0.1, 0.15) is 20.8 Å². The first-order valence-electron chi connectivity index (χ1n) is 6.28. The predicted molar refractivity (Wildman–Crippen MR) is 89.2 cm³/mol. The maximum absolute atomic E-state index is 12.1. The van der Waals surface area contributed by atoms with Crippen LogP contribution >= 0.6 is 27.5 Å². The number of benzene rings is 1. The molecule has 0 bridgehead atoms. The summed E-state index contributed by atoms with van der Waals surface area (Å²) >= 11 is 9.01. The predicted octanol–water partition coefficient (Wildman–Crippen LogP) is 1.37. The number of carbonyl (C=O) groups is 2. The van der Waals surface area contributed by atoms with Crippen molar-refractivity contribution in [2.75, 3.05) is 6.26 Å². The van der Waals surface area contributed by atoms with Gasteiger partial charge in [-0.1, -0.05) is 23.7 Å². The minimum atomic E-state index is -3.71. The van der Waals surface area contributed by atoms with Crippen molar-refractivity contribution < 1.29 is 18.0 Å². The Morgan fingerprint density at radius 3 is 2.42 bits per heavy atom. The van der Waals surface area contributed by atoms with E-state index in [4.69, 9.17) is 11.6 Å². The second kappa shape index (κ2) is 7.24. The van der Waals surface area contributed by atoms with Gasteiger partial charge in [0.15, 0.2) is 5.69 Å². The van der Waals surface area contributed by atoms with Crippen LogP contribution in [0.4, 0.5) is 0 Å². The lowest BCUT2D eigenvalue weighted by atomic mass is 10.2. The summed E-state index contributed by atoms with van der Waals surface area (Å²) in [6.45, 7) is 0. The Morgan fingerprint density at radius 2 is 1.79 bits per heavy atom. The molecule has 0 saturated carbocycles. The fourth-order valence-electron chi connectivity index (χ4n) is 1.57. The second-order valence-electron chi connectivity index (χ2n) is 4.51. The number of nitrogens with one attached hydrogen (secondary N) is 2. The highest BCUT2D eigenvalue weighted by molar-refractivity contribution is 9.10. The summed E-state index contributed by atoms with van der Waals surface area (Å²) in [5, 5.41) is -0.704. The Kier molecular flexibility index (Phi) is 5.52. The van der Waals surface area contributed by atoms with Gasteiger partial charge in [0.05, 0.1) is 16.8 Å². The number of carbonyl (C=O) groups excluding carboxylic acids is 2. The van der Waals surface area contributed by atoms with Crippen LogP contribution in [0.2, 0.25) is 5.02 Å². The lowest BCUT2D eigenvalue weighted by Crippen LogP contribution is -2.42. The average Bonchev–Trinajstić information content (AvgIpc) is 2.52. The summed E-state index contributed by atoms with van der Waals surface area (Å²) in [5.74, 6) is -1.46. The van der Waals surface area contributed by atoms with E-state index in [1.807, 2.05) is 0 Å². The number of sulfone groups is 1. The van der Waals surface area contributed by atoms with E-state index < -0.39 is 26.8 Å². The molecule has 11 heteroatoms. The normalized spacial score (nSPS) is 11.0. The van der Waals surface area contributed by atoms with Gasteiger partial charge >= 0.3 is 0 Å². The molecule has 0 aliphatic rings. The van der Waals surface area contributed by atoms with Crippen LogP contribution in [-0.2, 0) is 9.84 Å². The first-order valence-corrected chi connectivity index (χ1v) is 9.34. The van der Waals surface area contributed by atoms with Crippen molar-refractivity contribution in [3.8, 4) is 0 Å². The molecule has 24 heavy (non-hydrogen) atoms. The molecule has 0 fully saturated rings. The number of hydrogen-bond donors (Lipinski definition) is 2. The molecule has 0 saturated heterocycles. The molecule has 8 nitrogen and oxygen atoms in total. The maximum atomic E-state index is 12.1. The van der Waals surface area contributed by atoms with Crippen LogP contribution in [-0.4, -0.2) is 36.5 Å². The zero-order valence-electron chi connectivity index (χ0n) is 12.1. The zero-order chi connectivity index (χ0) is 17.9. The van der Waals surface area contributed by atoms with Gasteiger partial charge in [-0.05, 0) is 28.1 Å². The van der Waals surface area contributed by atoms with Gasteiger partial charge < -0.3 is 0 Å². The number of rotatable bonds is 3. The van der Waals surface area contributed by atoms with Crippen molar-refractivity contribution in [1.29, 1.82) is 0 Å². The Hall–Kier alpha value is -2.04. The summed E-state index contributed by atoms with van der Waals surface area (Å²) in [5.41, 5.74) is 4.22. The molecule has 2 aromatic rings. The summed E-state index contributed by atoms with van der Waals surface area (Å²) < 4.78 is 23.4. The summed E-state index contributed by atoms with van der Waals surface area (Å²) in [7, 11) is -3.71. The van der Waals surface area contributed by atoms with Crippen molar-refractivity contribution in [2.45, 2.75) is 5.16 Å². The third-order valence-electron chi connectivity index (χ3n) is 2.68. The van der Waals surface area contributed by atoms with E-state index in [1.54, 1.807) is 24.3 Å². The van der Waals surface area contributed by atoms with Gasteiger partial charge in [-0.25, -0.2) is 18.4 Å². The molecule has 0 atom stereocenters. The SMILES string of the molecule is CS(=O)(=O)c1ncc(Cl)c(C(=O)NNC(=O)c2ccccc2Br)n1. The standard InChI is InChI=1S/C13H10BrClN4O4S/c1-24(22,23)13-16-6-9(15)10(17-13)12(21)19-18-11(20)7-4-2-3-5-8(7)14/h2-6H,1H3,(H,18,20)(H,19,21). The van der Waals surface area contributed by atoms with Gasteiger partial charge in [0.25, 0.3) is 11.8 Å². The fraction of sp³-hybridized carbons (Fsp3) is 0.0769. The van der Waals surface area contributed by atoms with Gasteiger partial charge in [0.1, 0.15) is 0 Å². The van der Waals surface area contributed by atoms with Crippen LogP contribution in [0.25, 0.3) is 0 Å². The molecule has 0 unspecified atom stereocenters. The van der Waals surface area contributed by atoms with Crippen molar-refractivity contribution in [3.05, 3.63) is 51.2 Å². The second-order valence-corrected chi connectivity index (χ2v) is 7.68. The van der Waals surface area contributed by atoms with Crippen LogP contribution in [0.5, 0.6) is 0 Å². The van der Waals surface area contributed by atoms with E-state index in [9.17, 15) is 18.0 Å². The van der Waals surface area contributed by atoms with Gasteiger partial charge in [-0.15, -0.1) is 0 Å². The van der Waals surface area contributed by atoms with E-state index in [-0.39, 0.29) is 10.7 Å². The molecule has 1 aromatic heterocycles. The number of aromatic nitrogens is 2. The third kappa shape index (κ3) is 4.28. The summed E-state index contributed by atoms with van der Waals surface area (Å²) in [6, 6.07) is 6.59. The van der Waals surface area contributed by atoms with Gasteiger partial charge in [0, 0.05) is 10.7 Å². The number of hydrazine groups is 1. The molecule has 1 heterocycles. The Balaban J connectivity index is 2.16. The topological polar surface area (TPSA) is 118 Å². The van der Waals surface area contributed by atoms with Crippen molar-refractivity contribution in [1.82, 2.24) is 20.8 Å². The molecular weight excluding hydrogens is 424 g/mol. The van der Waals surface area contributed by atoms with E-state index in [1.165, 1.54) is 0 Å². The van der Waals surface area contributed by atoms with E-state index in [0.717, 1.165) is 12.5 Å². The number of amides is 2. The van der Waals surface area contributed by atoms with Gasteiger partial charge in [-0.2, -0.15) is 0 Å². The van der Waals surface area contributed by atoms with Crippen molar-refractivity contribution in [3.63, 3.8) is 0 Å². The number of halogens is 2. The first kappa shape index (κ1) is 18.3. The lowest BCUT2D eigenvalue weighted by Gasteiger charge is -2.09. The third-order valence-corrected chi connectivity index (χ3v) is 4.50. The van der Waals surface area contributed by atoms with Gasteiger partial charge in [-0.3, -0.25) is 20.4 Å². The Morgan fingerprint density at radius 1 is 1.17 bits per heavy atom. The van der Waals surface area contributed by atoms with Crippen molar-refractivity contribution in [2.24, 2.45) is 0 Å². The number of hydrogen-bond acceptors (Lipinski definition) is 6. The molecule has 0 aliphatic carbocycles. The highest BCUT2D eigenvalue weighted by atomic mass is 79.9. The molecule has 2 rings (SSSR count). The van der Waals surface area contributed by atoms with Crippen LogP contribution in [0.3, 0.4) is 0 Å². The highest BCUT2D eigenvalue weighted by Gasteiger charge is 2.19. The quantitative estimate of drug-likeness (QED) is 0.557. The van der Waals surface area contributed by atoms with Crippen LogP contribution < -0.4 is 10.9 Å². The summed E-state index contributed by atoms with van der Waals surface area (Å²) in [6.07, 6.45) is 1.89. The van der Waals surface area contributed by atoms with E-state index >= 15 is 0 Å². The molecule has 0 aliphatic heterocycles. The smallest absolute Gasteiger partial charge is 0.267 e. The molecule has 2 N–H and O–H groups in total. The van der Waals surface area contributed by atoms with Crippen LogP contribution in [0, 0.1) is 0 Å². The molecule has 0 spiro atoms. The van der Waals surface area contributed by atoms with Crippen molar-refractivity contribution >= 4 is 49.2 Å². The zero-order valence-corrected chi connectivity index (χ0v) is 15.2. The molecule has 0 radical (unpaired) electrons. The lowest BCUT2D eigenvalue weighted by molar-refractivity contribution is 0.0843. The molecule has 126 valence electrons. The van der Waals surface area contributed by atoms with Gasteiger partial charge in [0.2, 0.25) is 15.0 Å². The highest BCUT2D eigenvalue weighted by Crippen LogP contribution is 2.16. The fourth-order valence-corrected chi connectivity index (χ4v) is 2.72. The summed E-state index contributed by atoms with van der Waals surface area (Å²) in [4.78, 5) is 31.2. The minimum Gasteiger partial charge on any atom is -0.267 e. The van der Waals surface area contributed by atoms with E-state index in [2.05, 4.69) is 36.7 Å².